The second-order valence-electron chi connectivity index (χ2n) is 6.88. The van der Waals surface area contributed by atoms with Crippen molar-refractivity contribution in [2.75, 3.05) is 19.7 Å². The zero-order chi connectivity index (χ0) is 21.9. The van der Waals surface area contributed by atoms with E-state index in [1.165, 1.54) is 34.8 Å². The van der Waals surface area contributed by atoms with Crippen molar-refractivity contribution in [3.63, 3.8) is 0 Å². The summed E-state index contributed by atoms with van der Waals surface area (Å²) in [7, 11) is -3.82. The quantitative estimate of drug-likeness (QED) is 0.519. The summed E-state index contributed by atoms with van der Waals surface area (Å²) in [5.74, 6) is -0.130. The average molecular weight is 474 g/mol. The molecule has 1 aromatic carbocycles. The van der Waals surface area contributed by atoms with E-state index in [-0.39, 0.29) is 34.5 Å². The Labute approximate surface area is 184 Å². The molecule has 0 atom stereocenters. The molecule has 162 valence electrons. The van der Waals surface area contributed by atoms with E-state index in [0.29, 0.717) is 18.2 Å². The molecule has 0 aliphatic heterocycles. The van der Waals surface area contributed by atoms with E-state index in [2.05, 4.69) is 5.10 Å². The Morgan fingerprint density at radius 1 is 1.27 bits per heavy atom. The molecule has 30 heavy (non-hydrogen) atoms. The lowest BCUT2D eigenvalue weighted by Crippen LogP contribution is -2.35. The fourth-order valence-corrected chi connectivity index (χ4v) is 4.62. The smallest absolute Gasteiger partial charge is 0.307 e. The molecule has 0 spiro atoms. The third-order valence-corrected chi connectivity index (χ3v) is 7.25. The van der Waals surface area contributed by atoms with Gasteiger partial charge < -0.3 is 4.74 Å². The van der Waals surface area contributed by atoms with Crippen molar-refractivity contribution in [2.45, 2.75) is 31.1 Å². The number of carbonyl (C=O) groups excluding carboxylic acids is 1. The maximum Gasteiger partial charge on any atom is 0.307 e. The number of carbonyl (C=O) groups is 1. The van der Waals surface area contributed by atoms with Crippen molar-refractivity contribution in [1.82, 2.24) is 14.1 Å². The number of halogens is 2. The van der Waals surface area contributed by atoms with Gasteiger partial charge in [-0.1, -0.05) is 23.2 Å². The molecule has 8 nitrogen and oxygen atoms in total. The summed E-state index contributed by atoms with van der Waals surface area (Å²) in [6.45, 7) is 2.36. The van der Waals surface area contributed by atoms with Crippen molar-refractivity contribution in [3.8, 4) is 5.69 Å². The van der Waals surface area contributed by atoms with Crippen molar-refractivity contribution in [1.29, 1.82) is 0 Å². The van der Waals surface area contributed by atoms with Crippen LogP contribution in [0, 0.1) is 5.92 Å². The highest BCUT2D eigenvalue weighted by Crippen LogP contribution is 2.32. The van der Waals surface area contributed by atoms with E-state index in [1.54, 1.807) is 6.92 Å². The molecule has 1 fully saturated rings. The number of aromatic nitrogens is 2. The van der Waals surface area contributed by atoms with Gasteiger partial charge in [-0.05, 0) is 49.9 Å². The predicted octanol–water partition coefficient (Wildman–Crippen LogP) is 2.89. The van der Waals surface area contributed by atoms with E-state index < -0.39 is 21.6 Å². The minimum absolute atomic E-state index is 0.0134. The van der Waals surface area contributed by atoms with Crippen LogP contribution in [-0.4, -0.2) is 48.2 Å². The molecule has 2 aromatic rings. The molecule has 11 heteroatoms. The van der Waals surface area contributed by atoms with Crippen LogP contribution in [-0.2, 0) is 19.6 Å². The molecule has 1 saturated carbocycles. The summed E-state index contributed by atoms with van der Waals surface area (Å²) in [4.78, 5) is 24.0. The number of esters is 1. The molecule has 1 heterocycles. The number of sulfonamides is 1. The van der Waals surface area contributed by atoms with Crippen LogP contribution in [0.25, 0.3) is 5.69 Å². The lowest BCUT2D eigenvalue weighted by molar-refractivity contribution is -0.143. The molecular formula is C19H21Cl2N3O5S. The van der Waals surface area contributed by atoms with E-state index in [4.69, 9.17) is 27.9 Å². The molecular weight excluding hydrogens is 453 g/mol. The van der Waals surface area contributed by atoms with Gasteiger partial charge in [0.1, 0.15) is 5.02 Å². The average Bonchev–Trinajstić information content (AvgIpc) is 3.54. The van der Waals surface area contributed by atoms with Crippen molar-refractivity contribution in [2.24, 2.45) is 5.92 Å². The Balaban J connectivity index is 1.84. The molecule has 0 saturated heterocycles. The summed E-state index contributed by atoms with van der Waals surface area (Å²) < 4.78 is 33.5. The molecule has 1 aliphatic carbocycles. The topological polar surface area (TPSA) is 98.6 Å². The Kier molecular flexibility index (Phi) is 7.18. The predicted molar refractivity (Wildman–Crippen MR) is 113 cm³/mol. The van der Waals surface area contributed by atoms with Gasteiger partial charge in [0.25, 0.3) is 5.56 Å². The van der Waals surface area contributed by atoms with Gasteiger partial charge in [0, 0.05) is 13.1 Å². The van der Waals surface area contributed by atoms with Crippen LogP contribution in [0.5, 0.6) is 0 Å². The van der Waals surface area contributed by atoms with Gasteiger partial charge in [-0.15, -0.1) is 0 Å². The standard InChI is InChI=1S/C19H21Cl2N3O5S/c1-2-29-17(25)9-10-23(12-13-3-4-13)30(27,28)15-7-5-14(6-8-15)24-19(26)18(21)16(20)11-22-24/h5-8,11,13H,2-4,9-10,12H2,1H3. The lowest BCUT2D eigenvalue weighted by atomic mass is 10.3. The van der Waals surface area contributed by atoms with Crippen molar-refractivity contribution >= 4 is 39.2 Å². The SMILES string of the molecule is CCOC(=O)CCN(CC1CC1)S(=O)(=O)c1ccc(-n2ncc(Cl)c(Cl)c2=O)cc1. The summed E-state index contributed by atoms with van der Waals surface area (Å²) in [6.07, 6.45) is 3.16. The summed E-state index contributed by atoms with van der Waals surface area (Å²) >= 11 is 11.7. The van der Waals surface area contributed by atoms with E-state index in [9.17, 15) is 18.0 Å². The normalized spacial score (nSPS) is 14.1. The van der Waals surface area contributed by atoms with Gasteiger partial charge in [0.2, 0.25) is 10.0 Å². The number of rotatable bonds is 9. The van der Waals surface area contributed by atoms with E-state index >= 15 is 0 Å². The van der Waals surface area contributed by atoms with Gasteiger partial charge in [-0.25, -0.2) is 8.42 Å². The Morgan fingerprint density at radius 2 is 1.93 bits per heavy atom. The molecule has 0 N–H and O–H groups in total. The van der Waals surface area contributed by atoms with Gasteiger partial charge >= 0.3 is 5.97 Å². The van der Waals surface area contributed by atoms with E-state index in [1.807, 2.05) is 0 Å². The molecule has 0 bridgehead atoms. The Bertz CT molecular complexity index is 1080. The first-order valence-corrected chi connectivity index (χ1v) is 11.6. The van der Waals surface area contributed by atoms with Crippen LogP contribution in [0.15, 0.2) is 40.2 Å². The first kappa shape index (κ1) is 22.7. The molecule has 0 amide bonds. The van der Waals surface area contributed by atoms with Crippen molar-refractivity contribution in [3.05, 3.63) is 50.9 Å². The zero-order valence-electron chi connectivity index (χ0n) is 16.3. The number of hydrogen-bond donors (Lipinski definition) is 0. The van der Waals surface area contributed by atoms with Crippen LogP contribution in [0.4, 0.5) is 0 Å². The largest absolute Gasteiger partial charge is 0.466 e. The van der Waals surface area contributed by atoms with E-state index in [0.717, 1.165) is 17.5 Å². The highest BCUT2D eigenvalue weighted by atomic mass is 35.5. The Hall–Kier alpha value is -1.94. The first-order valence-electron chi connectivity index (χ1n) is 9.43. The lowest BCUT2D eigenvalue weighted by Gasteiger charge is -2.22. The summed E-state index contributed by atoms with van der Waals surface area (Å²) in [5, 5.41) is 3.79. The maximum atomic E-state index is 13.1. The molecule has 1 aromatic heterocycles. The van der Waals surface area contributed by atoms with Crippen LogP contribution >= 0.6 is 23.2 Å². The van der Waals surface area contributed by atoms with Crippen molar-refractivity contribution < 1.29 is 17.9 Å². The number of benzene rings is 1. The number of ether oxygens (including phenoxy) is 1. The fourth-order valence-electron chi connectivity index (χ4n) is 2.85. The summed E-state index contributed by atoms with van der Waals surface area (Å²) in [6, 6.07) is 5.72. The van der Waals surface area contributed by atoms with Crippen LogP contribution in [0.1, 0.15) is 26.2 Å². The fraction of sp³-hybridized carbons (Fsp3) is 0.421. The second kappa shape index (κ2) is 9.47. The third kappa shape index (κ3) is 5.21. The monoisotopic (exact) mass is 473 g/mol. The van der Waals surface area contributed by atoms with Gasteiger partial charge in [0.15, 0.2) is 0 Å². The highest BCUT2D eigenvalue weighted by Gasteiger charge is 2.32. The van der Waals surface area contributed by atoms with Gasteiger partial charge in [-0.3, -0.25) is 9.59 Å². The van der Waals surface area contributed by atoms with Crippen LogP contribution < -0.4 is 5.56 Å². The first-order chi connectivity index (χ1) is 14.2. The third-order valence-electron chi connectivity index (χ3n) is 4.62. The second-order valence-corrected chi connectivity index (χ2v) is 9.60. The van der Waals surface area contributed by atoms with Gasteiger partial charge in [0.05, 0.1) is 34.8 Å². The molecule has 0 radical (unpaired) electrons. The highest BCUT2D eigenvalue weighted by molar-refractivity contribution is 7.89. The number of hydrogen-bond acceptors (Lipinski definition) is 6. The summed E-state index contributed by atoms with van der Waals surface area (Å²) in [5.41, 5.74) is -0.262. The maximum absolute atomic E-state index is 13.1. The minimum Gasteiger partial charge on any atom is -0.466 e. The minimum atomic E-state index is -3.82. The van der Waals surface area contributed by atoms with Gasteiger partial charge in [-0.2, -0.15) is 14.1 Å². The molecule has 1 aliphatic rings. The number of nitrogens with zero attached hydrogens (tertiary/aromatic N) is 3. The molecule has 0 unspecified atom stereocenters. The van der Waals surface area contributed by atoms with Crippen LogP contribution in [0.2, 0.25) is 10.0 Å². The van der Waals surface area contributed by atoms with Crippen LogP contribution in [0.3, 0.4) is 0 Å². The Morgan fingerprint density at radius 3 is 2.53 bits per heavy atom. The molecule has 3 rings (SSSR count). The zero-order valence-corrected chi connectivity index (χ0v) is 18.6.